The highest BCUT2D eigenvalue weighted by Gasteiger charge is 2.20. The van der Waals surface area contributed by atoms with Crippen molar-refractivity contribution in [2.24, 2.45) is 0 Å². The Bertz CT molecular complexity index is 794. The molecule has 6 heteroatoms. The molecule has 1 atom stereocenters. The van der Waals surface area contributed by atoms with E-state index in [9.17, 15) is 9.59 Å². The topological polar surface area (TPSA) is 60.3 Å². The molecule has 1 aromatic carbocycles. The first-order valence-corrected chi connectivity index (χ1v) is 8.19. The third-order valence-corrected chi connectivity index (χ3v) is 4.36. The van der Waals surface area contributed by atoms with Gasteiger partial charge >= 0.3 is 0 Å². The van der Waals surface area contributed by atoms with Crippen LogP contribution in [0.25, 0.3) is 10.9 Å². The molecule has 1 aliphatic heterocycles. The predicted molar refractivity (Wildman–Crippen MR) is 90.2 cm³/mol. The van der Waals surface area contributed by atoms with E-state index in [1.165, 1.54) is 0 Å². The van der Waals surface area contributed by atoms with Crippen molar-refractivity contribution in [3.05, 3.63) is 45.2 Å². The van der Waals surface area contributed by atoms with Gasteiger partial charge in [-0.3, -0.25) is 9.59 Å². The lowest BCUT2D eigenvalue weighted by atomic mass is 10.1. The standard InChI is InChI=1S/C17H19ClN2O3/c1-2-20-9-14(17(22)19-12-4-3-7-23-10-12)16(21)13-8-11(18)5-6-15(13)20/h5-6,8-9,12H,2-4,7,10H2,1H3,(H,19,22)/t12-/m1/s1. The molecule has 1 saturated heterocycles. The quantitative estimate of drug-likeness (QED) is 0.938. The molecule has 2 heterocycles. The number of amides is 1. The van der Waals surface area contributed by atoms with Gasteiger partial charge in [-0.15, -0.1) is 0 Å². The molecule has 0 aliphatic carbocycles. The minimum absolute atomic E-state index is 0.0409. The number of hydrogen-bond acceptors (Lipinski definition) is 3. The van der Waals surface area contributed by atoms with E-state index in [0.717, 1.165) is 25.0 Å². The van der Waals surface area contributed by atoms with Crippen LogP contribution in [0.15, 0.2) is 29.2 Å². The Morgan fingerprint density at radius 1 is 1.48 bits per heavy atom. The second kappa shape index (κ2) is 6.72. The number of rotatable bonds is 3. The molecule has 1 fully saturated rings. The van der Waals surface area contributed by atoms with E-state index < -0.39 is 0 Å². The van der Waals surface area contributed by atoms with Crippen LogP contribution < -0.4 is 10.7 Å². The summed E-state index contributed by atoms with van der Waals surface area (Å²) >= 11 is 6.01. The summed E-state index contributed by atoms with van der Waals surface area (Å²) < 4.78 is 7.25. The Balaban J connectivity index is 2.01. The first kappa shape index (κ1) is 16.0. The molecule has 2 aromatic rings. The predicted octanol–water partition coefficient (Wildman–Crippen LogP) is 2.58. The number of carbonyl (C=O) groups excluding carboxylic acids is 1. The molecular weight excluding hydrogens is 316 g/mol. The van der Waals surface area contributed by atoms with Gasteiger partial charge in [0.2, 0.25) is 5.43 Å². The normalized spacial score (nSPS) is 18.1. The zero-order valence-electron chi connectivity index (χ0n) is 13.0. The summed E-state index contributed by atoms with van der Waals surface area (Å²) in [5, 5.41) is 3.84. The van der Waals surface area contributed by atoms with Gasteiger partial charge < -0.3 is 14.6 Å². The molecule has 0 spiro atoms. The molecule has 23 heavy (non-hydrogen) atoms. The Hall–Kier alpha value is -1.85. The Morgan fingerprint density at radius 2 is 2.30 bits per heavy atom. The Kier molecular flexibility index (Phi) is 4.68. The van der Waals surface area contributed by atoms with Crippen molar-refractivity contribution in [2.75, 3.05) is 13.2 Å². The summed E-state index contributed by atoms with van der Waals surface area (Å²) in [6.07, 6.45) is 3.40. The molecule has 0 bridgehead atoms. The van der Waals surface area contributed by atoms with Crippen molar-refractivity contribution in [3.63, 3.8) is 0 Å². The zero-order chi connectivity index (χ0) is 16.4. The van der Waals surface area contributed by atoms with Gasteiger partial charge in [-0.05, 0) is 38.0 Å². The average molecular weight is 335 g/mol. The number of fused-ring (bicyclic) bond motifs is 1. The molecule has 1 aromatic heterocycles. The van der Waals surface area contributed by atoms with Crippen LogP contribution in [0.3, 0.4) is 0 Å². The second-order valence-corrected chi connectivity index (χ2v) is 6.14. The number of aromatic nitrogens is 1. The summed E-state index contributed by atoms with van der Waals surface area (Å²) in [4.78, 5) is 25.2. The fraction of sp³-hybridized carbons (Fsp3) is 0.412. The van der Waals surface area contributed by atoms with E-state index in [2.05, 4.69) is 5.32 Å². The first-order chi connectivity index (χ1) is 11.1. The number of benzene rings is 1. The molecule has 122 valence electrons. The van der Waals surface area contributed by atoms with Gasteiger partial charge in [0.1, 0.15) is 5.56 Å². The highest BCUT2D eigenvalue weighted by molar-refractivity contribution is 6.31. The van der Waals surface area contributed by atoms with E-state index in [1.54, 1.807) is 24.4 Å². The van der Waals surface area contributed by atoms with Crippen LogP contribution >= 0.6 is 11.6 Å². The molecule has 0 radical (unpaired) electrons. The van der Waals surface area contributed by atoms with Gasteiger partial charge in [-0.25, -0.2) is 0 Å². The number of hydrogen-bond donors (Lipinski definition) is 1. The molecule has 5 nitrogen and oxygen atoms in total. The van der Waals surface area contributed by atoms with Gasteiger partial charge in [-0.1, -0.05) is 11.6 Å². The smallest absolute Gasteiger partial charge is 0.257 e. The maximum absolute atomic E-state index is 12.7. The number of nitrogens with zero attached hydrogens (tertiary/aromatic N) is 1. The average Bonchev–Trinajstić information content (AvgIpc) is 2.56. The molecule has 0 saturated carbocycles. The maximum Gasteiger partial charge on any atom is 0.257 e. The number of carbonyl (C=O) groups is 1. The van der Waals surface area contributed by atoms with Gasteiger partial charge in [0.05, 0.1) is 18.2 Å². The molecule has 1 aliphatic rings. The number of ether oxygens (including phenoxy) is 1. The van der Waals surface area contributed by atoms with Gasteiger partial charge in [0.15, 0.2) is 0 Å². The van der Waals surface area contributed by atoms with Crippen molar-refractivity contribution in [1.82, 2.24) is 9.88 Å². The highest BCUT2D eigenvalue weighted by Crippen LogP contribution is 2.18. The fourth-order valence-electron chi connectivity index (χ4n) is 2.91. The third-order valence-electron chi connectivity index (χ3n) is 4.12. The van der Waals surface area contributed by atoms with Gasteiger partial charge in [0.25, 0.3) is 5.91 Å². The van der Waals surface area contributed by atoms with Crippen LogP contribution in [0.4, 0.5) is 0 Å². The fourth-order valence-corrected chi connectivity index (χ4v) is 3.08. The van der Waals surface area contributed by atoms with Crippen molar-refractivity contribution < 1.29 is 9.53 Å². The molecule has 1 amide bonds. The van der Waals surface area contributed by atoms with Crippen LogP contribution in [-0.2, 0) is 11.3 Å². The maximum atomic E-state index is 12.7. The number of halogens is 1. The van der Waals surface area contributed by atoms with Crippen LogP contribution in [-0.4, -0.2) is 29.7 Å². The second-order valence-electron chi connectivity index (χ2n) is 5.71. The van der Waals surface area contributed by atoms with E-state index in [0.29, 0.717) is 23.6 Å². The first-order valence-electron chi connectivity index (χ1n) is 7.81. The summed E-state index contributed by atoms with van der Waals surface area (Å²) in [6.45, 7) is 3.84. The SMILES string of the molecule is CCn1cc(C(=O)N[C@@H]2CCCOC2)c(=O)c2cc(Cl)ccc21. The molecule has 3 rings (SSSR count). The lowest BCUT2D eigenvalue weighted by Gasteiger charge is -2.23. The van der Waals surface area contributed by atoms with E-state index in [1.807, 2.05) is 11.5 Å². The molecule has 0 unspecified atom stereocenters. The highest BCUT2D eigenvalue weighted by atomic mass is 35.5. The van der Waals surface area contributed by atoms with Crippen LogP contribution in [0.2, 0.25) is 5.02 Å². The van der Waals surface area contributed by atoms with Crippen LogP contribution in [0, 0.1) is 0 Å². The minimum Gasteiger partial charge on any atom is -0.379 e. The summed E-state index contributed by atoms with van der Waals surface area (Å²) in [6, 6.07) is 5.13. The van der Waals surface area contributed by atoms with E-state index in [4.69, 9.17) is 16.3 Å². The zero-order valence-corrected chi connectivity index (χ0v) is 13.7. The van der Waals surface area contributed by atoms with Crippen molar-refractivity contribution >= 4 is 28.4 Å². The third kappa shape index (κ3) is 3.26. The lowest BCUT2D eigenvalue weighted by Crippen LogP contribution is -2.42. The number of nitrogens with one attached hydrogen (secondary N) is 1. The Morgan fingerprint density at radius 3 is 3.00 bits per heavy atom. The lowest BCUT2D eigenvalue weighted by molar-refractivity contribution is 0.0623. The van der Waals surface area contributed by atoms with E-state index in [-0.39, 0.29) is 22.9 Å². The molecule has 1 N–H and O–H groups in total. The van der Waals surface area contributed by atoms with E-state index >= 15 is 0 Å². The van der Waals surface area contributed by atoms with Crippen molar-refractivity contribution in [3.8, 4) is 0 Å². The summed E-state index contributed by atoms with van der Waals surface area (Å²) in [5.41, 5.74) is 0.632. The number of pyridine rings is 1. The van der Waals surface area contributed by atoms with Gasteiger partial charge in [-0.2, -0.15) is 0 Å². The van der Waals surface area contributed by atoms with Gasteiger partial charge in [0, 0.05) is 29.8 Å². The summed E-state index contributed by atoms with van der Waals surface area (Å²) in [5.74, 6) is -0.352. The monoisotopic (exact) mass is 334 g/mol. The summed E-state index contributed by atoms with van der Waals surface area (Å²) in [7, 11) is 0. The molecular formula is C17H19ClN2O3. The Labute approximate surface area is 139 Å². The van der Waals surface area contributed by atoms with Crippen LogP contribution in [0.5, 0.6) is 0 Å². The van der Waals surface area contributed by atoms with Crippen molar-refractivity contribution in [2.45, 2.75) is 32.4 Å². The number of aryl methyl sites for hydroxylation is 1. The van der Waals surface area contributed by atoms with Crippen molar-refractivity contribution in [1.29, 1.82) is 0 Å². The largest absolute Gasteiger partial charge is 0.379 e. The van der Waals surface area contributed by atoms with Crippen LogP contribution in [0.1, 0.15) is 30.1 Å². The minimum atomic E-state index is -0.352.